The highest BCUT2D eigenvalue weighted by molar-refractivity contribution is 5.80. The molecule has 3 heterocycles. The van der Waals surface area contributed by atoms with E-state index in [0.717, 1.165) is 68.8 Å². The molecule has 1 aromatic heterocycles. The van der Waals surface area contributed by atoms with E-state index in [1.165, 1.54) is 0 Å². The molecular formula is C22H30N4O3. The minimum Gasteiger partial charge on any atom is -0.459 e. The second-order valence-corrected chi connectivity index (χ2v) is 8.12. The molecule has 0 unspecified atom stereocenters. The standard InChI is InChI=1S/C22H30N4O3/c1-17(20-14-18-6-2-3-7-19(18)29-20)23-21(27)15-24-10-12-25(13-11-24)16-22(28)26-8-4-5-9-26/h2-3,6-7,14,17H,4-5,8-13,15-16H2,1H3,(H,23,27)/t17-/m0/s1. The Bertz CT molecular complexity index is 818. The zero-order valence-electron chi connectivity index (χ0n) is 17.1. The van der Waals surface area contributed by atoms with Crippen LogP contribution in [0.4, 0.5) is 0 Å². The molecule has 2 aliphatic rings. The molecule has 7 heteroatoms. The molecule has 0 spiro atoms. The maximum atomic E-state index is 12.5. The maximum Gasteiger partial charge on any atom is 0.236 e. The number of amides is 2. The number of carbonyl (C=O) groups is 2. The molecule has 2 aliphatic heterocycles. The lowest BCUT2D eigenvalue weighted by Crippen LogP contribution is -2.51. The van der Waals surface area contributed by atoms with Crippen LogP contribution in [-0.2, 0) is 9.59 Å². The molecule has 2 fully saturated rings. The largest absolute Gasteiger partial charge is 0.459 e. The minimum atomic E-state index is -0.172. The number of nitrogens with zero attached hydrogens (tertiary/aromatic N) is 3. The normalized spacial score (nSPS) is 19.6. The van der Waals surface area contributed by atoms with Crippen molar-refractivity contribution < 1.29 is 14.0 Å². The van der Waals surface area contributed by atoms with Gasteiger partial charge in [-0.3, -0.25) is 19.4 Å². The molecule has 1 aromatic carbocycles. The molecule has 7 nitrogen and oxygen atoms in total. The van der Waals surface area contributed by atoms with Crippen molar-refractivity contribution in [3.05, 3.63) is 36.1 Å². The lowest BCUT2D eigenvalue weighted by Gasteiger charge is -2.34. The second-order valence-electron chi connectivity index (χ2n) is 8.12. The number of piperazine rings is 1. The van der Waals surface area contributed by atoms with E-state index in [2.05, 4.69) is 15.1 Å². The average Bonchev–Trinajstić information content (AvgIpc) is 3.39. The van der Waals surface area contributed by atoms with Crippen LogP contribution in [0.25, 0.3) is 11.0 Å². The van der Waals surface area contributed by atoms with Crippen LogP contribution in [0, 0.1) is 0 Å². The van der Waals surface area contributed by atoms with E-state index in [9.17, 15) is 9.59 Å². The van der Waals surface area contributed by atoms with Crippen LogP contribution in [0.1, 0.15) is 31.6 Å². The van der Waals surface area contributed by atoms with Gasteiger partial charge in [0.2, 0.25) is 11.8 Å². The summed E-state index contributed by atoms with van der Waals surface area (Å²) in [6.07, 6.45) is 2.25. The fourth-order valence-electron chi connectivity index (χ4n) is 4.14. The second kappa shape index (κ2) is 8.97. The number of hydrogen-bond acceptors (Lipinski definition) is 5. The van der Waals surface area contributed by atoms with Gasteiger partial charge in [-0.05, 0) is 31.9 Å². The van der Waals surface area contributed by atoms with Gasteiger partial charge < -0.3 is 14.6 Å². The van der Waals surface area contributed by atoms with Crippen molar-refractivity contribution in [3.8, 4) is 0 Å². The highest BCUT2D eigenvalue weighted by atomic mass is 16.3. The van der Waals surface area contributed by atoms with Crippen LogP contribution in [0.15, 0.2) is 34.7 Å². The Labute approximate surface area is 171 Å². The number of hydrogen-bond donors (Lipinski definition) is 1. The number of nitrogens with one attached hydrogen (secondary N) is 1. The van der Waals surface area contributed by atoms with Gasteiger partial charge in [-0.2, -0.15) is 0 Å². The zero-order valence-corrected chi connectivity index (χ0v) is 17.1. The molecule has 1 atom stereocenters. The van der Waals surface area contributed by atoms with Gasteiger partial charge in [-0.15, -0.1) is 0 Å². The Morgan fingerprint density at radius 2 is 1.66 bits per heavy atom. The topological polar surface area (TPSA) is 69.0 Å². The average molecular weight is 399 g/mol. The van der Waals surface area contributed by atoms with Crippen molar-refractivity contribution in [2.24, 2.45) is 0 Å². The fourth-order valence-corrected chi connectivity index (χ4v) is 4.14. The van der Waals surface area contributed by atoms with E-state index < -0.39 is 0 Å². The number of carbonyl (C=O) groups excluding carboxylic acids is 2. The van der Waals surface area contributed by atoms with Gasteiger partial charge in [-0.1, -0.05) is 18.2 Å². The summed E-state index contributed by atoms with van der Waals surface area (Å²) in [5.41, 5.74) is 0.836. The maximum absolute atomic E-state index is 12.5. The third kappa shape index (κ3) is 4.97. The number of benzene rings is 1. The van der Waals surface area contributed by atoms with Gasteiger partial charge in [-0.25, -0.2) is 0 Å². The summed E-state index contributed by atoms with van der Waals surface area (Å²) in [5, 5.41) is 4.08. The number of likely N-dealkylation sites (tertiary alicyclic amines) is 1. The summed E-state index contributed by atoms with van der Waals surface area (Å²) in [5.74, 6) is 1.01. The molecule has 4 rings (SSSR count). The summed E-state index contributed by atoms with van der Waals surface area (Å²) < 4.78 is 5.84. The molecule has 2 aromatic rings. The first-order chi connectivity index (χ1) is 14.1. The summed E-state index contributed by atoms with van der Waals surface area (Å²) in [6.45, 7) is 7.89. The van der Waals surface area contributed by atoms with E-state index in [0.29, 0.717) is 13.1 Å². The molecule has 0 radical (unpaired) electrons. The Balaban J connectivity index is 1.20. The first kappa shape index (κ1) is 19.9. The van der Waals surface area contributed by atoms with E-state index in [-0.39, 0.29) is 17.9 Å². The van der Waals surface area contributed by atoms with Gasteiger partial charge in [0.05, 0.1) is 19.1 Å². The SMILES string of the molecule is C[C@H](NC(=O)CN1CCN(CC(=O)N2CCCC2)CC1)c1cc2ccccc2o1. The quantitative estimate of drug-likeness (QED) is 0.804. The summed E-state index contributed by atoms with van der Waals surface area (Å²) in [6, 6.07) is 9.66. The third-order valence-corrected chi connectivity index (χ3v) is 5.90. The van der Waals surface area contributed by atoms with Crippen LogP contribution in [0.2, 0.25) is 0 Å². The van der Waals surface area contributed by atoms with Gasteiger partial charge in [0, 0.05) is 44.7 Å². The van der Waals surface area contributed by atoms with Crippen LogP contribution < -0.4 is 5.32 Å². The van der Waals surface area contributed by atoms with Crippen LogP contribution in [0.5, 0.6) is 0 Å². The number of fused-ring (bicyclic) bond motifs is 1. The lowest BCUT2D eigenvalue weighted by atomic mass is 10.2. The van der Waals surface area contributed by atoms with Crippen molar-refractivity contribution in [1.29, 1.82) is 0 Å². The Morgan fingerprint density at radius 3 is 2.34 bits per heavy atom. The van der Waals surface area contributed by atoms with Crippen molar-refractivity contribution in [3.63, 3.8) is 0 Å². The van der Waals surface area contributed by atoms with E-state index in [1.807, 2.05) is 42.2 Å². The molecule has 0 bridgehead atoms. The molecule has 156 valence electrons. The van der Waals surface area contributed by atoms with Crippen molar-refractivity contribution >= 4 is 22.8 Å². The van der Waals surface area contributed by atoms with Gasteiger partial charge in [0.15, 0.2) is 0 Å². The Kier molecular flexibility index (Phi) is 6.16. The van der Waals surface area contributed by atoms with Crippen LogP contribution >= 0.6 is 0 Å². The van der Waals surface area contributed by atoms with Crippen LogP contribution in [0.3, 0.4) is 0 Å². The summed E-state index contributed by atoms with van der Waals surface area (Å²) in [4.78, 5) is 31.1. The van der Waals surface area contributed by atoms with Crippen LogP contribution in [-0.4, -0.2) is 78.9 Å². The van der Waals surface area contributed by atoms with Crippen molar-refractivity contribution in [2.45, 2.75) is 25.8 Å². The minimum absolute atomic E-state index is 0.000417. The molecular weight excluding hydrogens is 368 g/mol. The van der Waals surface area contributed by atoms with Crippen molar-refractivity contribution in [1.82, 2.24) is 20.0 Å². The Morgan fingerprint density at radius 1 is 1.00 bits per heavy atom. The predicted octanol–water partition coefficient (Wildman–Crippen LogP) is 1.85. The molecule has 0 saturated carbocycles. The zero-order chi connectivity index (χ0) is 20.2. The molecule has 29 heavy (non-hydrogen) atoms. The molecule has 0 aliphatic carbocycles. The summed E-state index contributed by atoms with van der Waals surface area (Å²) in [7, 11) is 0. The fraction of sp³-hybridized carbons (Fsp3) is 0.545. The van der Waals surface area contributed by atoms with Gasteiger partial charge in [0.1, 0.15) is 11.3 Å². The summed E-state index contributed by atoms with van der Waals surface area (Å²) >= 11 is 0. The monoisotopic (exact) mass is 398 g/mol. The highest BCUT2D eigenvalue weighted by Crippen LogP contribution is 2.23. The smallest absolute Gasteiger partial charge is 0.236 e. The molecule has 2 saturated heterocycles. The number of rotatable bonds is 6. The van der Waals surface area contributed by atoms with E-state index >= 15 is 0 Å². The highest BCUT2D eigenvalue weighted by Gasteiger charge is 2.24. The first-order valence-electron chi connectivity index (χ1n) is 10.6. The molecule has 1 N–H and O–H groups in total. The van der Waals surface area contributed by atoms with Gasteiger partial charge in [0.25, 0.3) is 0 Å². The number of furan rings is 1. The Hall–Kier alpha value is -2.38. The first-order valence-corrected chi connectivity index (χ1v) is 10.6. The number of para-hydroxylation sites is 1. The predicted molar refractivity (Wildman–Crippen MR) is 111 cm³/mol. The van der Waals surface area contributed by atoms with E-state index in [4.69, 9.17) is 4.42 Å². The van der Waals surface area contributed by atoms with Crippen molar-refractivity contribution in [2.75, 3.05) is 52.4 Å². The lowest BCUT2D eigenvalue weighted by molar-refractivity contribution is -0.132. The van der Waals surface area contributed by atoms with E-state index in [1.54, 1.807) is 0 Å². The third-order valence-electron chi connectivity index (χ3n) is 5.90. The molecule has 2 amide bonds. The van der Waals surface area contributed by atoms with Gasteiger partial charge >= 0.3 is 0 Å².